The normalized spacial score (nSPS) is 18.4. The molecule has 2 atom stereocenters. The van der Waals surface area contributed by atoms with Crippen LogP contribution in [-0.2, 0) is 20.8 Å². The monoisotopic (exact) mass is 304 g/mol. The van der Waals surface area contributed by atoms with Crippen LogP contribution in [0.2, 0.25) is 0 Å². The number of carbonyl (C=O) groups is 3. The minimum atomic E-state index is -0.698. The Kier molecular flexibility index (Phi) is 5.11. The fraction of sp³-hybridized carbons (Fsp3) is 0.400. The molecule has 0 radical (unpaired) electrons. The molecule has 7 heteroatoms. The summed E-state index contributed by atoms with van der Waals surface area (Å²) in [5.74, 6) is -0.821. The molecule has 1 fully saturated rings. The van der Waals surface area contributed by atoms with Crippen LogP contribution in [0.15, 0.2) is 30.3 Å². The van der Waals surface area contributed by atoms with Crippen molar-refractivity contribution in [1.82, 2.24) is 21.1 Å². The SMILES string of the molecule is CNN1C[C@H](NC(=O)[C@H](Cc2ccccc2)NC(C)=O)C1=O. The van der Waals surface area contributed by atoms with Gasteiger partial charge in [-0.05, 0) is 5.56 Å². The van der Waals surface area contributed by atoms with Gasteiger partial charge in [0.2, 0.25) is 11.8 Å². The van der Waals surface area contributed by atoms with Crippen molar-refractivity contribution in [2.45, 2.75) is 25.4 Å². The first kappa shape index (κ1) is 16.0. The van der Waals surface area contributed by atoms with E-state index in [1.54, 1.807) is 7.05 Å². The number of hydrazine groups is 1. The summed E-state index contributed by atoms with van der Waals surface area (Å²) in [5, 5.41) is 6.71. The number of benzene rings is 1. The molecule has 1 aliphatic rings. The molecule has 3 N–H and O–H groups in total. The van der Waals surface area contributed by atoms with Crippen LogP contribution in [0, 0.1) is 0 Å². The number of hydrogen-bond acceptors (Lipinski definition) is 4. The summed E-state index contributed by atoms with van der Waals surface area (Å²) in [7, 11) is 1.64. The van der Waals surface area contributed by atoms with Gasteiger partial charge < -0.3 is 10.6 Å². The zero-order chi connectivity index (χ0) is 16.1. The van der Waals surface area contributed by atoms with E-state index in [2.05, 4.69) is 16.1 Å². The third-order valence-electron chi connectivity index (χ3n) is 3.49. The molecule has 0 bridgehead atoms. The van der Waals surface area contributed by atoms with Gasteiger partial charge in [0, 0.05) is 20.4 Å². The predicted molar refractivity (Wildman–Crippen MR) is 80.5 cm³/mol. The molecule has 1 aliphatic heterocycles. The third kappa shape index (κ3) is 3.82. The smallest absolute Gasteiger partial charge is 0.261 e. The highest BCUT2D eigenvalue weighted by Gasteiger charge is 2.38. The first-order valence-electron chi connectivity index (χ1n) is 7.11. The molecule has 0 aliphatic carbocycles. The van der Waals surface area contributed by atoms with Gasteiger partial charge in [-0.1, -0.05) is 30.3 Å². The van der Waals surface area contributed by atoms with Crippen LogP contribution in [0.4, 0.5) is 0 Å². The summed E-state index contributed by atoms with van der Waals surface area (Å²) in [6.07, 6.45) is 0.378. The first-order valence-corrected chi connectivity index (χ1v) is 7.11. The largest absolute Gasteiger partial charge is 0.344 e. The van der Waals surface area contributed by atoms with Crippen molar-refractivity contribution in [3.05, 3.63) is 35.9 Å². The number of carbonyl (C=O) groups excluding carboxylic acids is 3. The van der Waals surface area contributed by atoms with Crippen LogP contribution >= 0.6 is 0 Å². The maximum Gasteiger partial charge on any atom is 0.261 e. The summed E-state index contributed by atoms with van der Waals surface area (Å²) in [5.41, 5.74) is 3.66. The lowest BCUT2D eigenvalue weighted by Crippen LogP contribution is -2.68. The van der Waals surface area contributed by atoms with Gasteiger partial charge in [0.1, 0.15) is 12.1 Å². The van der Waals surface area contributed by atoms with Crippen LogP contribution in [0.3, 0.4) is 0 Å². The molecule has 0 spiro atoms. The molecule has 2 rings (SSSR count). The number of nitrogens with zero attached hydrogens (tertiary/aromatic N) is 1. The average molecular weight is 304 g/mol. The second-order valence-electron chi connectivity index (χ2n) is 5.18. The lowest BCUT2D eigenvalue weighted by atomic mass is 10.0. The van der Waals surface area contributed by atoms with E-state index in [1.807, 2.05) is 30.3 Å². The zero-order valence-corrected chi connectivity index (χ0v) is 12.6. The summed E-state index contributed by atoms with van der Waals surface area (Å²) < 4.78 is 0. The summed E-state index contributed by atoms with van der Waals surface area (Å²) >= 11 is 0. The van der Waals surface area contributed by atoms with Crippen molar-refractivity contribution in [3.8, 4) is 0 Å². The minimum Gasteiger partial charge on any atom is -0.344 e. The van der Waals surface area contributed by atoms with E-state index in [0.29, 0.717) is 13.0 Å². The molecule has 22 heavy (non-hydrogen) atoms. The molecule has 1 aromatic carbocycles. The zero-order valence-electron chi connectivity index (χ0n) is 12.6. The Morgan fingerprint density at radius 2 is 2.00 bits per heavy atom. The molecule has 3 amide bonds. The lowest BCUT2D eigenvalue weighted by Gasteiger charge is -2.38. The maximum atomic E-state index is 12.3. The highest BCUT2D eigenvalue weighted by Crippen LogP contribution is 2.08. The molecular weight excluding hydrogens is 284 g/mol. The molecule has 1 heterocycles. The van der Waals surface area contributed by atoms with E-state index < -0.39 is 12.1 Å². The van der Waals surface area contributed by atoms with Gasteiger partial charge in [-0.25, -0.2) is 5.43 Å². The number of nitrogens with one attached hydrogen (secondary N) is 3. The minimum absolute atomic E-state index is 0.183. The van der Waals surface area contributed by atoms with Gasteiger partial charge in [-0.2, -0.15) is 0 Å². The van der Waals surface area contributed by atoms with Gasteiger partial charge >= 0.3 is 0 Å². The van der Waals surface area contributed by atoms with Crippen molar-refractivity contribution >= 4 is 17.7 Å². The quantitative estimate of drug-likeness (QED) is 0.600. The summed E-state index contributed by atoms with van der Waals surface area (Å²) in [6, 6.07) is 8.18. The van der Waals surface area contributed by atoms with Crippen LogP contribution in [0.1, 0.15) is 12.5 Å². The van der Waals surface area contributed by atoms with Crippen LogP contribution < -0.4 is 16.1 Å². The van der Waals surface area contributed by atoms with Crippen molar-refractivity contribution in [3.63, 3.8) is 0 Å². The Morgan fingerprint density at radius 3 is 2.55 bits per heavy atom. The lowest BCUT2D eigenvalue weighted by molar-refractivity contribution is -0.150. The Hall–Kier alpha value is -2.41. The topological polar surface area (TPSA) is 90.5 Å². The maximum absolute atomic E-state index is 12.3. The molecule has 1 aromatic rings. The fourth-order valence-corrected chi connectivity index (χ4v) is 2.31. The predicted octanol–water partition coefficient (Wildman–Crippen LogP) is -0.805. The van der Waals surface area contributed by atoms with Crippen LogP contribution in [0.5, 0.6) is 0 Å². The summed E-state index contributed by atoms with van der Waals surface area (Å²) in [4.78, 5) is 35.3. The third-order valence-corrected chi connectivity index (χ3v) is 3.49. The van der Waals surface area contributed by atoms with E-state index in [-0.39, 0.29) is 17.7 Å². The van der Waals surface area contributed by atoms with Crippen LogP contribution in [-0.4, -0.2) is 48.4 Å². The Morgan fingerprint density at radius 1 is 1.32 bits per heavy atom. The van der Waals surface area contributed by atoms with E-state index in [1.165, 1.54) is 11.9 Å². The highest BCUT2D eigenvalue weighted by molar-refractivity contribution is 5.94. The molecule has 7 nitrogen and oxygen atoms in total. The Labute approximate surface area is 129 Å². The molecule has 0 saturated carbocycles. The van der Waals surface area contributed by atoms with Gasteiger partial charge in [-0.15, -0.1) is 0 Å². The number of hydrogen-bond donors (Lipinski definition) is 3. The van der Waals surface area contributed by atoms with E-state index in [0.717, 1.165) is 5.56 Å². The summed E-state index contributed by atoms with van der Waals surface area (Å²) in [6.45, 7) is 1.78. The van der Waals surface area contributed by atoms with E-state index in [9.17, 15) is 14.4 Å². The van der Waals surface area contributed by atoms with Gasteiger partial charge in [0.15, 0.2) is 0 Å². The number of rotatable bonds is 6. The molecule has 0 aromatic heterocycles. The average Bonchev–Trinajstić information content (AvgIpc) is 2.50. The standard InChI is InChI=1S/C15H20N4O3/c1-10(20)17-12(8-11-6-4-3-5-7-11)14(21)18-13-9-19(16-2)15(13)22/h3-7,12-13,16H,8-9H2,1-2H3,(H,17,20)(H,18,21)/t12-,13-/m0/s1. The number of β-lactam (4-membered cyclic amide) rings is 1. The van der Waals surface area contributed by atoms with E-state index in [4.69, 9.17) is 0 Å². The Balaban J connectivity index is 1.98. The number of amides is 3. The molecule has 1 saturated heterocycles. The fourth-order valence-electron chi connectivity index (χ4n) is 2.31. The molecule has 118 valence electrons. The second kappa shape index (κ2) is 7.04. The van der Waals surface area contributed by atoms with Crippen molar-refractivity contribution in [1.29, 1.82) is 0 Å². The van der Waals surface area contributed by atoms with Gasteiger partial charge in [0.05, 0.1) is 6.54 Å². The van der Waals surface area contributed by atoms with Crippen molar-refractivity contribution < 1.29 is 14.4 Å². The van der Waals surface area contributed by atoms with Gasteiger partial charge in [-0.3, -0.25) is 19.4 Å². The molecular formula is C15H20N4O3. The second-order valence-corrected chi connectivity index (χ2v) is 5.18. The van der Waals surface area contributed by atoms with E-state index >= 15 is 0 Å². The Bertz CT molecular complexity index is 561. The van der Waals surface area contributed by atoms with Crippen molar-refractivity contribution in [2.24, 2.45) is 0 Å². The molecule has 0 unspecified atom stereocenters. The van der Waals surface area contributed by atoms with Crippen LogP contribution in [0.25, 0.3) is 0 Å². The van der Waals surface area contributed by atoms with Crippen molar-refractivity contribution in [2.75, 3.05) is 13.6 Å². The van der Waals surface area contributed by atoms with Gasteiger partial charge in [0.25, 0.3) is 5.91 Å². The first-order chi connectivity index (χ1) is 10.5. The highest BCUT2D eigenvalue weighted by atomic mass is 16.2.